The van der Waals surface area contributed by atoms with E-state index in [1.807, 2.05) is 0 Å². The number of rotatable bonds is 2. The summed E-state index contributed by atoms with van der Waals surface area (Å²) >= 11 is 0. The lowest BCUT2D eigenvalue weighted by atomic mass is 9.77. The summed E-state index contributed by atoms with van der Waals surface area (Å²) in [6.45, 7) is 9.48. The molecule has 0 aromatic heterocycles. The second kappa shape index (κ2) is 9.55. The molecule has 0 aliphatic heterocycles. The van der Waals surface area contributed by atoms with Crippen LogP contribution in [0.3, 0.4) is 0 Å². The second-order valence-corrected chi connectivity index (χ2v) is 14.9. The summed E-state index contributed by atoms with van der Waals surface area (Å²) in [6.07, 6.45) is 4.82. The summed E-state index contributed by atoms with van der Waals surface area (Å²) in [5.41, 5.74) is 10.7. The summed E-state index contributed by atoms with van der Waals surface area (Å²) in [7, 11) is 0. The fraction of sp³-hybridized carbons (Fsp3) is 0.125. The van der Waals surface area contributed by atoms with Gasteiger partial charge in [-0.05, 0) is 123 Å². The van der Waals surface area contributed by atoms with Crippen LogP contribution in [0.5, 0.6) is 0 Å². The maximum absolute atomic E-state index is 2.49. The van der Waals surface area contributed by atoms with E-state index in [-0.39, 0.29) is 10.8 Å². The van der Waals surface area contributed by atoms with Crippen LogP contribution in [-0.2, 0) is 10.8 Å². The van der Waals surface area contributed by atoms with Crippen LogP contribution in [0.15, 0.2) is 133 Å². The van der Waals surface area contributed by atoms with E-state index in [2.05, 4.69) is 173 Å². The van der Waals surface area contributed by atoms with Crippen molar-refractivity contribution < 1.29 is 0 Å². The van der Waals surface area contributed by atoms with Gasteiger partial charge in [0.15, 0.2) is 0 Å². The van der Waals surface area contributed by atoms with Crippen LogP contribution in [-0.4, -0.2) is 0 Å². The molecule has 0 nitrogen and oxygen atoms in total. The van der Waals surface area contributed by atoms with Crippen LogP contribution in [0.25, 0.3) is 77.2 Å². The molecule has 2 aliphatic rings. The van der Waals surface area contributed by atoms with Crippen LogP contribution in [0, 0.1) is 0 Å². The number of benzene rings is 8. The molecule has 0 bridgehead atoms. The molecule has 0 amide bonds. The molecule has 228 valence electrons. The molecule has 2 aliphatic carbocycles. The Morgan fingerprint density at radius 1 is 0.333 bits per heavy atom. The molecule has 0 heterocycles. The molecule has 0 unspecified atom stereocenters. The van der Waals surface area contributed by atoms with Gasteiger partial charge >= 0.3 is 0 Å². The summed E-state index contributed by atoms with van der Waals surface area (Å²) in [5.74, 6) is 0. The summed E-state index contributed by atoms with van der Waals surface area (Å²) in [5, 5.41) is 13.2. The maximum atomic E-state index is 2.49. The maximum Gasteiger partial charge on any atom is 0.0158 e. The van der Waals surface area contributed by atoms with Crippen molar-refractivity contribution in [3.63, 3.8) is 0 Å². The number of fused-ring (bicyclic) bond motifs is 13. The van der Waals surface area contributed by atoms with Crippen LogP contribution in [0.4, 0.5) is 0 Å². The zero-order valence-electron chi connectivity index (χ0n) is 27.9. The average molecular weight is 613 g/mol. The first-order chi connectivity index (χ1) is 23.3. The van der Waals surface area contributed by atoms with Crippen molar-refractivity contribution in [1.82, 2.24) is 0 Å². The quantitative estimate of drug-likeness (QED) is 0.170. The van der Waals surface area contributed by atoms with Gasteiger partial charge < -0.3 is 0 Å². The molecule has 8 aromatic rings. The van der Waals surface area contributed by atoms with E-state index in [0.717, 1.165) is 0 Å². The zero-order chi connectivity index (χ0) is 32.4. The van der Waals surface area contributed by atoms with Gasteiger partial charge in [0, 0.05) is 10.8 Å². The van der Waals surface area contributed by atoms with Crippen molar-refractivity contribution in [3.8, 4) is 0 Å². The van der Waals surface area contributed by atoms with Crippen LogP contribution in [0.2, 0.25) is 0 Å². The minimum atomic E-state index is -0.0695. The van der Waals surface area contributed by atoms with E-state index in [0.29, 0.717) is 0 Å². The minimum absolute atomic E-state index is 0.0695. The topological polar surface area (TPSA) is 0 Å². The Morgan fingerprint density at radius 3 is 1.10 bits per heavy atom. The molecule has 48 heavy (non-hydrogen) atoms. The predicted octanol–water partition coefficient (Wildman–Crippen LogP) is 13.1. The minimum Gasteiger partial charge on any atom is -0.0619 e. The van der Waals surface area contributed by atoms with Crippen molar-refractivity contribution in [3.05, 3.63) is 167 Å². The van der Waals surface area contributed by atoms with Gasteiger partial charge in [0.25, 0.3) is 0 Å². The van der Waals surface area contributed by atoms with Gasteiger partial charge in [-0.3, -0.25) is 0 Å². The predicted molar refractivity (Wildman–Crippen MR) is 209 cm³/mol. The lowest BCUT2D eigenvalue weighted by Crippen LogP contribution is -2.16. The van der Waals surface area contributed by atoms with Gasteiger partial charge in [0.1, 0.15) is 0 Å². The molecule has 0 spiro atoms. The van der Waals surface area contributed by atoms with Gasteiger partial charge in [-0.15, -0.1) is 0 Å². The monoisotopic (exact) mass is 612 g/mol. The smallest absolute Gasteiger partial charge is 0.0158 e. The van der Waals surface area contributed by atoms with Crippen molar-refractivity contribution in [2.75, 3.05) is 0 Å². The Kier molecular flexibility index (Phi) is 5.50. The van der Waals surface area contributed by atoms with Crippen LogP contribution < -0.4 is 0 Å². The lowest BCUT2D eigenvalue weighted by molar-refractivity contribution is 0.704. The Hall–Kier alpha value is -5.46. The molecule has 8 aromatic carbocycles. The number of hydrogen-bond acceptors (Lipinski definition) is 0. The van der Waals surface area contributed by atoms with Crippen LogP contribution >= 0.6 is 0 Å². The molecule has 0 saturated heterocycles. The zero-order valence-corrected chi connectivity index (χ0v) is 27.9. The molecule has 0 fully saturated rings. The second-order valence-electron chi connectivity index (χ2n) is 14.9. The third kappa shape index (κ3) is 3.61. The van der Waals surface area contributed by atoms with Gasteiger partial charge in [-0.1, -0.05) is 149 Å². The third-order valence-electron chi connectivity index (χ3n) is 11.6. The first-order valence-corrected chi connectivity index (χ1v) is 17.2. The molecule has 0 saturated carbocycles. The number of allylic oxidation sites excluding steroid dienone is 2. The largest absolute Gasteiger partial charge is 0.0619 e. The molecule has 0 N–H and O–H groups in total. The highest BCUT2D eigenvalue weighted by Gasteiger charge is 2.35. The normalized spacial score (nSPS) is 16.1. The van der Waals surface area contributed by atoms with E-state index in [1.54, 1.807) is 0 Å². The highest BCUT2D eigenvalue weighted by atomic mass is 14.4. The first kappa shape index (κ1) is 27.6. The first-order valence-electron chi connectivity index (χ1n) is 17.2. The van der Waals surface area contributed by atoms with Gasteiger partial charge in [-0.25, -0.2) is 0 Å². The fourth-order valence-corrected chi connectivity index (χ4v) is 9.24. The highest BCUT2D eigenvalue weighted by Crippen LogP contribution is 2.51. The highest BCUT2D eigenvalue weighted by molar-refractivity contribution is 6.39. The molecular formula is C48H36. The molecular weight excluding hydrogens is 577 g/mol. The Bertz CT molecular complexity index is 2570. The van der Waals surface area contributed by atoms with Gasteiger partial charge in [-0.2, -0.15) is 0 Å². The number of hydrogen-bond donors (Lipinski definition) is 0. The van der Waals surface area contributed by atoms with E-state index in [9.17, 15) is 0 Å². The molecule has 0 heteroatoms. The molecule has 10 rings (SSSR count). The Balaban J connectivity index is 1.33. The van der Waals surface area contributed by atoms with E-state index >= 15 is 0 Å². The Morgan fingerprint density at radius 2 is 0.688 bits per heavy atom. The van der Waals surface area contributed by atoms with Gasteiger partial charge in [0.05, 0.1) is 0 Å². The third-order valence-corrected chi connectivity index (χ3v) is 11.6. The fourth-order valence-electron chi connectivity index (χ4n) is 9.24. The van der Waals surface area contributed by atoms with Crippen LogP contribution in [0.1, 0.15) is 61.1 Å². The Labute approximate surface area is 281 Å². The summed E-state index contributed by atoms with van der Waals surface area (Å²) < 4.78 is 0. The van der Waals surface area contributed by atoms with Crippen molar-refractivity contribution >= 4 is 77.2 Å². The lowest BCUT2D eigenvalue weighted by Gasteiger charge is -2.26. The van der Waals surface area contributed by atoms with E-state index in [1.165, 1.54) is 98.4 Å². The molecule has 0 radical (unpaired) electrons. The summed E-state index contributed by atoms with van der Waals surface area (Å²) in [4.78, 5) is 0. The van der Waals surface area contributed by atoms with Crippen molar-refractivity contribution in [1.29, 1.82) is 0 Å². The standard InChI is InChI=1S/C48H36/c1-47(2)41-19-11-5-13-29(41)27-43(47)31-21-23-35-36-24-22-32(44-28-30-14-6-12-20-42(30)48(44,3)4)26-40(36)46-38-18-10-8-16-34(38)33-15-7-9-17-37(33)45(46)39(35)25-31/h5-28H,1-4H3. The van der Waals surface area contributed by atoms with E-state index < -0.39 is 0 Å². The molecule has 0 atom stereocenters. The van der Waals surface area contributed by atoms with E-state index in [4.69, 9.17) is 0 Å². The van der Waals surface area contributed by atoms with Gasteiger partial charge in [0.2, 0.25) is 0 Å². The van der Waals surface area contributed by atoms with Crippen molar-refractivity contribution in [2.45, 2.75) is 38.5 Å². The summed E-state index contributed by atoms with van der Waals surface area (Å²) in [6, 6.07) is 50.3. The SMILES string of the molecule is CC1(C)C(c2ccc3c4ccc(C5=Cc6ccccc6C5(C)C)cc4c4c5ccccc5c5ccccc5c4c3c2)=Cc2ccccc21. The average Bonchev–Trinajstić information content (AvgIpc) is 3.55. The van der Waals surface area contributed by atoms with Crippen molar-refractivity contribution in [2.24, 2.45) is 0 Å².